The number of benzene rings is 1. The van der Waals surface area contributed by atoms with Crippen molar-refractivity contribution in [2.45, 2.75) is 81.8 Å². The van der Waals surface area contributed by atoms with Crippen LogP contribution in [0.3, 0.4) is 0 Å². The molecule has 0 radical (unpaired) electrons. The normalized spacial score (nSPS) is 27.5. The van der Waals surface area contributed by atoms with Gasteiger partial charge in [0.2, 0.25) is 10.0 Å². The minimum absolute atomic E-state index is 0.151. The van der Waals surface area contributed by atoms with E-state index in [2.05, 4.69) is 19.8 Å². The lowest BCUT2D eigenvalue weighted by molar-refractivity contribution is 0.0291. The number of aliphatic hydroxyl groups is 1. The number of nitrogens with two attached hydrogens (primary N) is 1. The summed E-state index contributed by atoms with van der Waals surface area (Å²) in [4.78, 5) is 14.1. The second-order valence-corrected chi connectivity index (χ2v) is 14.2. The number of piperidine rings is 1. The first-order valence-electron chi connectivity index (χ1n) is 14.5. The van der Waals surface area contributed by atoms with Crippen LogP contribution in [-0.2, 0) is 10.0 Å². The van der Waals surface area contributed by atoms with E-state index >= 15 is 0 Å². The fourth-order valence-electron chi connectivity index (χ4n) is 7.49. The summed E-state index contributed by atoms with van der Waals surface area (Å²) in [6.07, 6.45) is 7.98. The molecule has 0 unspecified atom stereocenters. The van der Waals surface area contributed by atoms with Crippen molar-refractivity contribution in [3.05, 3.63) is 41.2 Å². The van der Waals surface area contributed by atoms with Crippen molar-refractivity contribution in [2.75, 3.05) is 49.9 Å². The number of aliphatic hydroxyl groups excluding tert-OH is 1. The third-order valence-electron chi connectivity index (χ3n) is 9.47. The van der Waals surface area contributed by atoms with Crippen LogP contribution in [0.25, 0.3) is 0 Å². The Morgan fingerprint density at radius 3 is 2.56 bits per heavy atom. The Balaban J connectivity index is 1.14. The van der Waals surface area contributed by atoms with Crippen molar-refractivity contribution >= 4 is 21.7 Å². The fraction of sp³-hybridized carbons (Fsp3) is 0.655. The van der Waals surface area contributed by atoms with Crippen LogP contribution in [0.1, 0.15) is 67.6 Å². The zero-order valence-electron chi connectivity index (χ0n) is 23.2. The molecule has 4 fully saturated rings. The van der Waals surface area contributed by atoms with E-state index in [-0.39, 0.29) is 5.41 Å². The molecule has 6 rings (SSSR count). The van der Waals surface area contributed by atoms with E-state index < -0.39 is 22.2 Å². The van der Waals surface area contributed by atoms with Crippen molar-refractivity contribution in [1.82, 2.24) is 19.2 Å². The minimum atomic E-state index is -3.68. The molecule has 0 bridgehead atoms. The first kappa shape index (κ1) is 26.9. The topological polar surface area (TPSA) is 116 Å². The average molecular weight is 555 g/mol. The number of hydrogen-bond donors (Lipinski definition) is 2. The van der Waals surface area contributed by atoms with Crippen LogP contribution < -0.4 is 10.6 Å². The van der Waals surface area contributed by atoms with Gasteiger partial charge in [0.25, 0.3) is 0 Å². The zero-order chi connectivity index (χ0) is 27.4. The molecular formula is C29H42N6O3S. The summed E-state index contributed by atoms with van der Waals surface area (Å²) in [5.41, 5.74) is 9.07. The van der Waals surface area contributed by atoms with Gasteiger partial charge in [-0.15, -0.1) is 0 Å². The predicted octanol–water partition coefficient (Wildman–Crippen LogP) is 3.06. The Kier molecular flexibility index (Phi) is 7.10. The number of aryl methyl sites for hydroxylation is 2. The molecule has 2 aromatic rings. The zero-order valence-corrected chi connectivity index (χ0v) is 24.0. The molecule has 1 aromatic heterocycles. The van der Waals surface area contributed by atoms with Gasteiger partial charge in [-0.25, -0.2) is 18.4 Å². The Hall–Kier alpha value is -2.27. The number of nitrogens with zero attached hydrogens (tertiary/aromatic N) is 5. The van der Waals surface area contributed by atoms with Crippen LogP contribution in [0.2, 0.25) is 0 Å². The van der Waals surface area contributed by atoms with E-state index in [9.17, 15) is 13.5 Å². The van der Waals surface area contributed by atoms with E-state index in [0.717, 1.165) is 87.2 Å². The lowest BCUT2D eigenvalue weighted by Gasteiger charge is -2.42. The molecule has 39 heavy (non-hydrogen) atoms. The van der Waals surface area contributed by atoms with Gasteiger partial charge in [-0.2, -0.15) is 4.31 Å². The van der Waals surface area contributed by atoms with Crippen molar-refractivity contribution in [3.63, 3.8) is 0 Å². The molecule has 3 atom stereocenters. The number of anilines is 2. The molecule has 3 saturated heterocycles. The summed E-state index contributed by atoms with van der Waals surface area (Å²) in [5.74, 6) is 2.12. The van der Waals surface area contributed by atoms with Crippen molar-refractivity contribution < 1.29 is 13.5 Å². The van der Waals surface area contributed by atoms with E-state index in [4.69, 9.17) is 5.73 Å². The third-order valence-corrected chi connectivity index (χ3v) is 11.7. The summed E-state index contributed by atoms with van der Waals surface area (Å²) < 4.78 is 29.0. The summed E-state index contributed by atoms with van der Waals surface area (Å²) in [6, 6.07) is 5.20. The lowest BCUT2D eigenvalue weighted by Crippen LogP contribution is -2.51. The van der Waals surface area contributed by atoms with Crippen LogP contribution in [0.4, 0.5) is 11.6 Å². The molecule has 1 aromatic carbocycles. The van der Waals surface area contributed by atoms with E-state index in [1.807, 2.05) is 32.0 Å². The van der Waals surface area contributed by atoms with Gasteiger partial charge in [0.05, 0.1) is 17.0 Å². The van der Waals surface area contributed by atoms with Crippen LogP contribution in [0, 0.1) is 19.3 Å². The Morgan fingerprint density at radius 2 is 1.82 bits per heavy atom. The van der Waals surface area contributed by atoms with Gasteiger partial charge in [-0.3, -0.25) is 0 Å². The van der Waals surface area contributed by atoms with Crippen LogP contribution in [0.15, 0.2) is 29.4 Å². The van der Waals surface area contributed by atoms with Gasteiger partial charge >= 0.3 is 0 Å². The van der Waals surface area contributed by atoms with Gasteiger partial charge in [0.1, 0.15) is 18.0 Å². The quantitative estimate of drug-likeness (QED) is 0.537. The standard InChI is InChI=1S/C29H42N6O3S/c1-20-6-3-7-21(2)26(20)39(37,38)35-14-4-8-23(35)24(36)16-33-13-5-11-29(17-33)12-15-34(18-29)28-25(22-9-10-22)27(30)31-19-32-28/h3,6-7,19,22-24,36H,4-5,8-18H2,1-2H3,(H2,30,31,32)/t23-,24-,29+/m0/s1. The van der Waals surface area contributed by atoms with Crippen molar-refractivity contribution in [1.29, 1.82) is 0 Å². The first-order valence-corrected chi connectivity index (χ1v) is 16.0. The Bertz CT molecular complexity index is 1310. The average Bonchev–Trinajstić information content (AvgIpc) is 3.44. The monoisotopic (exact) mass is 554 g/mol. The number of hydrogen-bond acceptors (Lipinski definition) is 8. The molecule has 212 valence electrons. The molecule has 9 nitrogen and oxygen atoms in total. The van der Waals surface area contributed by atoms with E-state index in [1.165, 1.54) is 0 Å². The van der Waals surface area contributed by atoms with Gasteiger partial charge in [0.15, 0.2) is 0 Å². The summed E-state index contributed by atoms with van der Waals surface area (Å²) >= 11 is 0. The molecule has 3 N–H and O–H groups in total. The fourth-order valence-corrected chi connectivity index (χ4v) is 9.64. The molecule has 1 saturated carbocycles. The number of nitrogen functional groups attached to an aromatic ring is 1. The lowest BCUT2D eigenvalue weighted by atomic mass is 9.79. The van der Waals surface area contributed by atoms with Crippen LogP contribution >= 0.6 is 0 Å². The van der Waals surface area contributed by atoms with E-state index in [0.29, 0.717) is 36.1 Å². The molecule has 0 amide bonds. The molecule has 10 heteroatoms. The molecular weight excluding hydrogens is 512 g/mol. The van der Waals surface area contributed by atoms with Crippen molar-refractivity contribution in [3.8, 4) is 0 Å². The molecule has 4 heterocycles. The highest BCUT2D eigenvalue weighted by Crippen LogP contribution is 2.48. The van der Waals surface area contributed by atoms with E-state index in [1.54, 1.807) is 10.6 Å². The van der Waals surface area contributed by atoms with Gasteiger partial charge in [-0.05, 0) is 82.4 Å². The van der Waals surface area contributed by atoms with Gasteiger partial charge < -0.3 is 20.6 Å². The smallest absolute Gasteiger partial charge is 0.243 e. The second kappa shape index (κ2) is 10.3. The highest BCUT2D eigenvalue weighted by Gasteiger charge is 2.45. The predicted molar refractivity (Wildman–Crippen MR) is 152 cm³/mol. The maximum atomic E-state index is 13.7. The Labute approximate surface area is 232 Å². The SMILES string of the molecule is Cc1cccc(C)c1S(=O)(=O)N1CCC[C@H]1[C@@H](O)CN1CCC[C@@]2(CCN(c3ncnc(N)c3C3CC3)C2)C1. The van der Waals surface area contributed by atoms with Crippen LogP contribution in [-0.4, -0.2) is 84.1 Å². The molecule has 1 spiro atoms. The molecule has 4 aliphatic rings. The van der Waals surface area contributed by atoms with Crippen molar-refractivity contribution in [2.24, 2.45) is 5.41 Å². The molecule has 1 aliphatic carbocycles. The number of rotatable bonds is 7. The maximum Gasteiger partial charge on any atom is 0.243 e. The minimum Gasteiger partial charge on any atom is -0.390 e. The highest BCUT2D eigenvalue weighted by molar-refractivity contribution is 7.89. The van der Waals surface area contributed by atoms with Crippen LogP contribution in [0.5, 0.6) is 0 Å². The largest absolute Gasteiger partial charge is 0.390 e. The summed E-state index contributed by atoms with van der Waals surface area (Å²) in [7, 11) is -3.68. The number of aromatic nitrogens is 2. The number of β-amino-alcohol motifs (C(OH)–C–C–N with tert-alkyl or cyclic N) is 1. The summed E-state index contributed by atoms with van der Waals surface area (Å²) in [5, 5.41) is 11.4. The van der Waals surface area contributed by atoms with Gasteiger partial charge in [-0.1, -0.05) is 18.2 Å². The summed E-state index contributed by atoms with van der Waals surface area (Å²) in [6.45, 7) is 8.40. The number of sulfonamides is 1. The molecule has 3 aliphatic heterocycles. The Morgan fingerprint density at radius 1 is 1.05 bits per heavy atom. The maximum absolute atomic E-state index is 13.7. The van der Waals surface area contributed by atoms with Gasteiger partial charge in [0, 0.05) is 43.7 Å². The second-order valence-electron chi connectivity index (χ2n) is 12.4. The third kappa shape index (κ3) is 5.05. The number of likely N-dealkylation sites (tertiary alicyclic amines) is 1. The highest BCUT2D eigenvalue weighted by atomic mass is 32.2. The first-order chi connectivity index (χ1) is 18.7.